The van der Waals surface area contributed by atoms with Crippen LogP contribution < -0.4 is 0 Å². The lowest BCUT2D eigenvalue weighted by atomic mass is 10.1. The van der Waals surface area contributed by atoms with Gasteiger partial charge in [0.25, 0.3) is 0 Å². The van der Waals surface area contributed by atoms with Crippen LogP contribution in [-0.2, 0) is 13.1 Å². The number of nitrogens with zero attached hydrogens (tertiary/aromatic N) is 4. The van der Waals surface area contributed by atoms with E-state index in [1.54, 1.807) is 0 Å². The van der Waals surface area contributed by atoms with Gasteiger partial charge in [-0.15, -0.1) is 6.58 Å². The van der Waals surface area contributed by atoms with Crippen LogP contribution in [0.25, 0.3) is 0 Å². The van der Waals surface area contributed by atoms with Crippen LogP contribution in [0.5, 0.6) is 0 Å². The number of aryl methyl sites for hydroxylation is 1. The van der Waals surface area contributed by atoms with Crippen molar-refractivity contribution < 1.29 is 0 Å². The van der Waals surface area contributed by atoms with Crippen LogP contribution in [-0.4, -0.2) is 26.2 Å². The Morgan fingerprint density at radius 3 is 3.10 bits per heavy atom. The summed E-state index contributed by atoms with van der Waals surface area (Å²) in [5, 5.41) is 4.54. The molecule has 2 aromatic heterocycles. The highest BCUT2D eigenvalue weighted by molar-refractivity contribution is 5.17. The Morgan fingerprint density at radius 1 is 1.43 bits per heavy atom. The summed E-state index contributed by atoms with van der Waals surface area (Å²) in [6.07, 6.45) is 8.34. The zero-order chi connectivity index (χ0) is 14.7. The van der Waals surface area contributed by atoms with Crippen molar-refractivity contribution in [2.45, 2.75) is 38.9 Å². The Morgan fingerprint density at radius 2 is 2.33 bits per heavy atom. The summed E-state index contributed by atoms with van der Waals surface area (Å²) in [6, 6.07) is 6.63. The molecule has 0 N–H and O–H groups in total. The summed E-state index contributed by atoms with van der Waals surface area (Å²) in [4.78, 5) is 7.05. The highest BCUT2D eigenvalue weighted by Gasteiger charge is 2.27. The topological polar surface area (TPSA) is 34.0 Å². The van der Waals surface area contributed by atoms with E-state index in [1.165, 1.54) is 24.1 Å². The van der Waals surface area contributed by atoms with Crippen molar-refractivity contribution in [3.8, 4) is 0 Å². The minimum atomic E-state index is 0.438. The summed E-state index contributed by atoms with van der Waals surface area (Å²) < 4.78 is 1.96. The average molecular weight is 282 g/mol. The predicted octanol–water partition coefficient (Wildman–Crippen LogP) is 3.11. The lowest BCUT2D eigenvalue weighted by molar-refractivity contribution is 0.244. The molecule has 4 heteroatoms. The Balaban J connectivity index is 1.76. The molecule has 0 saturated carbocycles. The van der Waals surface area contributed by atoms with Crippen molar-refractivity contribution in [3.05, 3.63) is 60.2 Å². The van der Waals surface area contributed by atoms with E-state index in [0.717, 1.165) is 25.3 Å². The van der Waals surface area contributed by atoms with Crippen LogP contribution in [0, 0.1) is 6.92 Å². The lowest BCUT2D eigenvalue weighted by Gasteiger charge is -2.23. The van der Waals surface area contributed by atoms with Crippen molar-refractivity contribution in [2.24, 2.45) is 0 Å². The molecule has 21 heavy (non-hydrogen) atoms. The van der Waals surface area contributed by atoms with Crippen LogP contribution in [0.1, 0.15) is 35.8 Å². The smallest absolute Gasteiger partial charge is 0.0638 e. The predicted molar refractivity (Wildman–Crippen MR) is 83.8 cm³/mol. The van der Waals surface area contributed by atoms with Gasteiger partial charge in [0.05, 0.1) is 24.0 Å². The third-order valence-electron chi connectivity index (χ3n) is 4.13. The average Bonchev–Trinajstić information content (AvgIpc) is 3.08. The van der Waals surface area contributed by atoms with Crippen LogP contribution in [0.2, 0.25) is 0 Å². The highest BCUT2D eigenvalue weighted by atomic mass is 15.3. The number of hydrogen-bond acceptors (Lipinski definition) is 3. The molecule has 1 aliphatic heterocycles. The van der Waals surface area contributed by atoms with E-state index >= 15 is 0 Å². The Bertz CT molecular complexity index is 603. The van der Waals surface area contributed by atoms with Crippen molar-refractivity contribution >= 4 is 0 Å². The molecular weight excluding hydrogens is 260 g/mol. The Kier molecular flexibility index (Phi) is 4.15. The molecule has 0 bridgehead atoms. The first kappa shape index (κ1) is 14.0. The van der Waals surface area contributed by atoms with E-state index in [-0.39, 0.29) is 0 Å². The van der Waals surface area contributed by atoms with Gasteiger partial charge in [-0.2, -0.15) is 5.10 Å². The minimum absolute atomic E-state index is 0.438. The molecule has 0 unspecified atom stereocenters. The largest absolute Gasteiger partial charge is 0.290 e. The normalized spacial score (nSPS) is 19.0. The molecule has 0 aromatic carbocycles. The third-order valence-corrected chi connectivity index (χ3v) is 4.13. The molecule has 3 rings (SSSR count). The van der Waals surface area contributed by atoms with E-state index in [0.29, 0.717) is 6.04 Å². The summed E-state index contributed by atoms with van der Waals surface area (Å²) in [7, 11) is 0. The highest BCUT2D eigenvalue weighted by Crippen LogP contribution is 2.32. The second-order valence-corrected chi connectivity index (χ2v) is 5.63. The van der Waals surface area contributed by atoms with Crippen LogP contribution in [0.3, 0.4) is 0 Å². The number of rotatable bonds is 5. The first-order valence-electron chi connectivity index (χ1n) is 7.56. The molecular formula is C17H22N4. The lowest BCUT2D eigenvalue weighted by Crippen LogP contribution is -2.23. The van der Waals surface area contributed by atoms with Crippen molar-refractivity contribution in [1.29, 1.82) is 0 Å². The van der Waals surface area contributed by atoms with E-state index < -0.39 is 0 Å². The molecule has 2 aromatic rings. The molecule has 0 spiro atoms. The van der Waals surface area contributed by atoms with Crippen molar-refractivity contribution in [2.75, 3.05) is 6.54 Å². The number of hydrogen-bond donors (Lipinski definition) is 0. The zero-order valence-electron chi connectivity index (χ0n) is 12.6. The fourth-order valence-electron chi connectivity index (χ4n) is 3.08. The number of aromatic nitrogens is 3. The summed E-state index contributed by atoms with van der Waals surface area (Å²) in [6.45, 7) is 8.70. The van der Waals surface area contributed by atoms with Crippen LogP contribution >= 0.6 is 0 Å². The molecule has 1 fully saturated rings. The molecule has 1 saturated heterocycles. The number of likely N-dealkylation sites (tertiary alicyclic amines) is 1. The van der Waals surface area contributed by atoms with Crippen LogP contribution in [0.15, 0.2) is 43.2 Å². The molecule has 0 amide bonds. The van der Waals surface area contributed by atoms with Gasteiger partial charge in [-0.25, -0.2) is 0 Å². The minimum Gasteiger partial charge on any atom is -0.290 e. The van der Waals surface area contributed by atoms with E-state index in [4.69, 9.17) is 0 Å². The molecule has 4 nitrogen and oxygen atoms in total. The molecule has 1 aliphatic rings. The fraction of sp³-hybridized carbons (Fsp3) is 0.412. The van der Waals surface area contributed by atoms with Gasteiger partial charge in [0.1, 0.15) is 0 Å². The van der Waals surface area contributed by atoms with Gasteiger partial charge in [0.15, 0.2) is 0 Å². The maximum atomic E-state index is 4.54. The van der Waals surface area contributed by atoms with E-state index in [1.807, 2.05) is 23.0 Å². The van der Waals surface area contributed by atoms with Gasteiger partial charge in [0, 0.05) is 24.5 Å². The van der Waals surface area contributed by atoms with Crippen molar-refractivity contribution in [3.63, 3.8) is 0 Å². The van der Waals surface area contributed by atoms with Gasteiger partial charge in [-0.3, -0.25) is 14.6 Å². The first-order chi connectivity index (χ1) is 10.3. The van der Waals surface area contributed by atoms with Gasteiger partial charge in [0.2, 0.25) is 0 Å². The van der Waals surface area contributed by atoms with Gasteiger partial charge in [-0.1, -0.05) is 12.1 Å². The van der Waals surface area contributed by atoms with Gasteiger partial charge in [-0.05, 0) is 38.4 Å². The maximum Gasteiger partial charge on any atom is 0.0638 e. The summed E-state index contributed by atoms with van der Waals surface area (Å²) in [5.41, 5.74) is 3.61. The number of pyridine rings is 1. The third kappa shape index (κ3) is 3.05. The van der Waals surface area contributed by atoms with Crippen LogP contribution in [0.4, 0.5) is 0 Å². The Hall–Kier alpha value is -1.94. The van der Waals surface area contributed by atoms with Gasteiger partial charge >= 0.3 is 0 Å². The monoisotopic (exact) mass is 282 g/mol. The standard InChI is InChI=1S/C17H22N4/c1-3-10-21-13-15(14(2)19-21)12-20-11-6-8-17(20)16-7-4-5-9-18-16/h3-5,7,9,13,17H,1,6,8,10-12H2,2H3/t17-/m1/s1. The van der Waals surface area contributed by atoms with E-state index in [2.05, 4.69) is 46.8 Å². The van der Waals surface area contributed by atoms with Crippen molar-refractivity contribution in [1.82, 2.24) is 19.7 Å². The summed E-state index contributed by atoms with van der Waals surface area (Å²) >= 11 is 0. The van der Waals surface area contributed by atoms with Gasteiger partial charge < -0.3 is 0 Å². The SMILES string of the molecule is C=CCn1cc(CN2CCC[C@@H]2c2ccccn2)c(C)n1. The fourth-order valence-corrected chi connectivity index (χ4v) is 3.08. The van der Waals surface area contributed by atoms with E-state index in [9.17, 15) is 0 Å². The first-order valence-corrected chi connectivity index (χ1v) is 7.56. The Labute approximate surface area is 126 Å². The maximum absolute atomic E-state index is 4.54. The molecule has 1 atom stereocenters. The number of allylic oxidation sites excluding steroid dienone is 1. The quantitative estimate of drug-likeness (QED) is 0.790. The molecule has 0 aliphatic carbocycles. The zero-order valence-corrected chi connectivity index (χ0v) is 12.6. The second-order valence-electron chi connectivity index (χ2n) is 5.63. The second kappa shape index (κ2) is 6.22. The molecule has 3 heterocycles. The summed E-state index contributed by atoms with van der Waals surface area (Å²) in [5.74, 6) is 0. The molecule has 0 radical (unpaired) electrons. The molecule has 110 valence electrons.